The van der Waals surface area contributed by atoms with Crippen LogP contribution < -0.4 is 10.9 Å². The molecule has 2 heterocycles. The lowest BCUT2D eigenvalue weighted by Crippen LogP contribution is -2.42. The molecule has 6 nitrogen and oxygen atoms in total. The Kier molecular flexibility index (Phi) is 5.55. The predicted octanol–water partition coefficient (Wildman–Crippen LogP) is 2.46. The van der Waals surface area contributed by atoms with Crippen molar-refractivity contribution in [3.8, 4) is 0 Å². The van der Waals surface area contributed by atoms with Crippen molar-refractivity contribution in [3.05, 3.63) is 57.8 Å². The van der Waals surface area contributed by atoms with Gasteiger partial charge in [0.15, 0.2) is 0 Å². The molecule has 0 radical (unpaired) electrons. The van der Waals surface area contributed by atoms with Crippen LogP contribution in [-0.4, -0.2) is 34.4 Å². The molecule has 1 saturated heterocycles. The van der Waals surface area contributed by atoms with E-state index in [9.17, 15) is 9.59 Å². The van der Waals surface area contributed by atoms with E-state index in [1.165, 1.54) is 12.8 Å². The fraction of sp³-hybridized carbons (Fsp3) is 0.333. The normalized spacial score (nSPS) is 14.5. The van der Waals surface area contributed by atoms with Crippen molar-refractivity contribution < 1.29 is 9.59 Å². The van der Waals surface area contributed by atoms with E-state index in [4.69, 9.17) is 0 Å². The number of halogens is 1. The molecule has 1 aromatic heterocycles. The summed E-state index contributed by atoms with van der Waals surface area (Å²) in [5.74, 6) is -0.695. The predicted molar refractivity (Wildman–Crippen MR) is 99.0 cm³/mol. The van der Waals surface area contributed by atoms with E-state index in [-0.39, 0.29) is 11.8 Å². The summed E-state index contributed by atoms with van der Waals surface area (Å²) in [5.41, 5.74) is 7.02. The Bertz CT molecular complexity index is 781. The molecule has 1 aliphatic rings. The monoisotopic (exact) mass is 404 g/mol. The van der Waals surface area contributed by atoms with Gasteiger partial charge in [0.2, 0.25) is 0 Å². The summed E-state index contributed by atoms with van der Waals surface area (Å²) in [6.45, 7) is 3.07. The minimum atomic E-state index is -0.366. The summed E-state index contributed by atoms with van der Waals surface area (Å²) in [5, 5.41) is 0. The van der Waals surface area contributed by atoms with Crippen LogP contribution in [-0.2, 0) is 13.6 Å². The van der Waals surface area contributed by atoms with Gasteiger partial charge >= 0.3 is 0 Å². The number of nitrogens with one attached hydrogen (secondary N) is 2. The molecule has 7 heteroatoms. The molecule has 1 fully saturated rings. The van der Waals surface area contributed by atoms with Crippen LogP contribution in [0.1, 0.15) is 39.3 Å². The van der Waals surface area contributed by atoms with Crippen molar-refractivity contribution >= 4 is 27.7 Å². The van der Waals surface area contributed by atoms with Crippen molar-refractivity contribution in [2.75, 3.05) is 13.1 Å². The van der Waals surface area contributed by atoms with Gasteiger partial charge in [-0.05, 0) is 65.6 Å². The van der Waals surface area contributed by atoms with Gasteiger partial charge in [-0.15, -0.1) is 0 Å². The third-order valence-electron chi connectivity index (χ3n) is 4.29. The summed E-state index contributed by atoms with van der Waals surface area (Å²) < 4.78 is 2.49. The largest absolute Gasteiger partial charge is 0.345 e. The van der Waals surface area contributed by atoms with Crippen LogP contribution in [0.15, 0.2) is 41.0 Å². The number of amides is 2. The molecule has 2 amide bonds. The maximum Gasteiger partial charge on any atom is 0.286 e. The number of likely N-dealkylation sites (tertiary alicyclic amines) is 1. The second kappa shape index (κ2) is 7.84. The summed E-state index contributed by atoms with van der Waals surface area (Å²) in [6.07, 6.45) is 4.25. The van der Waals surface area contributed by atoms with Crippen molar-refractivity contribution in [3.63, 3.8) is 0 Å². The Morgan fingerprint density at radius 2 is 1.84 bits per heavy atom. The number of hydrogen-bond acceptors (Lipinski definition) is 3. The molecule has 1 aliphatic heterocycles. The van der Waals surface area contributed by atoms with Crippen LogP contribution in [0.2, 0.25) is 0 Å². The van der Waals surface area contributed by atoms with Crippen molar-refractivity contribution in [1.29, 1.82) is 0 Å². The molecule has 1 aromatic carbocycles. The molecule has 2 aromatic rings. The standard InChI is InChI=1S/C18H21BrN4O2/c1-22-12-15(19)10-16(22)18(25)21-20-17(24)14-6-4-5-13(9-14)11-23-7-2-3-8-23/h4-6,9-10,12H,2-3,7-8,11H2,1H3,(H,20,24)(H,21,25). The lowest BCUT2D eigenvalue weighted by molar-refractivity contribution is 0.0842. The Morgan fingerprint density at radius 3 is 2.52 bits per heavy atom. The highest BCUT2D eigenvalue weighted by atomic mass is 79.9. The first kappa shape index (κ1) is 17.7. The van der Waals surface area contributed by atoms with Gasteiger partial charge in [0, 0.05) is 29.8 Å². The van der Waals surface area contributed by atoms with Crippen LogP contribution in [0.4, 0.5) is 0 Å². The number of aryl methyl sites for hydroxylation is 1. The van der Waals surface area contributed by atoms with Gasteiger partial charge in [-0.2, -0.15) is 0 Å². The van der Waals surface area contributed by atoms with Gasteiger partial charge in [0.25, 0.3) is 11.8 Å². The van der Waals surface area contributed by atoms with Gasteiger partial charge in [-0.25, -0.2) is 0 Å². The number of carbonyl (C=O) groups excluding carboxylic acids is 2. The average Bonchev–Trinajstić information content (AvgIpc) is 3.21. The van der Waals surface area contributed by atoms with E-state index in [1.807, 2.05) is 18.2 Å². The minimum Gasteiger partial charge on any atom is -0.345 e. The first-order valence-electron chi connectivity index (χ1n) is 8.27. The van der Waals surface area contributed by atoms with E-state index in [1.54, 1.807) is 29.9 Å². The lowest BCUT2D eigenvalue weighted by Gasteiger charge is -2.15. The highest BCUT2D eigenvalue weighted by Crippen LogP contribution is 2.14. The third-order valence-corrected chi connectivity index (χ3v) is 4.72. The SMILES string of the molecule is Cn1cc(Br)cc1C(=O)NNC(=O)c1cccc(CN2CCCC2)c1. The van der Waals surface area contributed by atoms with Crippen molar-refractivity contribution in [2.45, 2.75) is 19.4 Å². The van der Waals surface area contributed by atoms with Crippen LogP contribution in [0.5, 0.6) is 0 Å². The minimum absolute atomic E-state index is 0.329. The van der Waals surface area contributed by atoms with Crippen molar-refractivity contribution in [1.82, 2.24) is 20.3 Å². The van der Waals surface area contributed by atoms with Gasteiger partial charge in [0.1, 0.15) is 5.69 Å². The molecular weight excluding hydrogens is 384 g/mol. The molecule has 25 heavy (non-hydrogen) atoms. The second-order valence-electron chi connectivity index (χ2n) is 6.25. The van der Waals surface area contributed by atoms with Gasteiger partial charge in [0.05, 0.1) is 0 Å². The number of hydrogen-bond donors (Lipinski definition) is 2. The van der Waals surface area contributed by atoms with Crippen LogP contribution in [0, 0.1) is 0 Å². The Hall–Kier alpha value is -2.12. The zero-order valence-electron chi connectivity index (χ0n) is 14.1. The molecule has 0 aliphatic carbocycles. The number of hydrazine groups is 1. The molecule has 2 N–H and O–H groups in total. The molecule has 0 bridgehead atoms. The fourth-order valence-corrected chi connectivity index (χ4v) is 3.53. The second-order valence-corrected chi connectivity index (χ2v) is 7.16. The van der Waals surface area contributed by atoms with E-state index in [0.29, 0.717) is 11.3 Å². The quantitative estimate of drug-likeness (QED) is 0.769. The van der Waals surface area contributed by atoms with Gasteiger partial charge in [-0.1, -0.05) is 12.1 Å². The number of carbonyl (C=O) groups is 2. The number of nitrogens with zero attached hydrogens (tertiary/aromatic N) is 2. The first-order valence-corrected chi connectivity index (χ1v) is 9.06. The van der Waals surface area contributed by atoms with Crippen LogP contribution in [0.25, 0.3) is 0 Å². The smallest absolute Gasteiger partial charge is 0.286 e. The molecule has 0 atom stereocenters. The number of rotatable bonds is 4. The van der Waals surface area contributed by atoms with Crippen molar-refractivity contribution in [2.24, 2.45) is 7.05 Å². The fourth-order valence-electron chi connectivity index (χ4n) is 3.01. The van der Waals surface area contributed by atoms with Crippen LogP contribution >= 0.6 is 15.9 Å². The number of benzene rings is 1. The van der Waals surface area contributed by atoms with Gasteiger partial charge < -0.3 is 4.57 Å². The Morgan fingerprint density at radius 1 is 1.12 bits per heavy atom. The maximum atomic E-state index is 12.3. The van der Waals surface area contributed by atoms with E-state index in [2.05, 4.69) is 31.7 Å². The Labute approximate surface area is 155 Å². The average molecular weight is 405 g/mol. The number of aromatic nitrogens is 1. The topological polar surface area (TPSA) is 66.4 Å². The summed E-state index contributed by atoms with van der Waals surface area (Å²) in [6, 6.07) is 9.21. The highest BCUT2D eigenvalue weighted by Gasteiger charge is 2.15. The van der Waals surface area contributed by atoms with E-state index < -0.39 is 0 Å². The summed E-state index contributed by atoms with van der Waals surface area (Å²) in [4.78, 5) is 26.8. The Balaban J connectivity index is 1.59. The summed E-state index contributed by atoms with van der Waals surface area (Å²) in [7, 11) is 1.77. The molecule has 0 spiro atoms. The zero-order chi connectivity index (χ0) is 17.8. The van der Waals surface area contributed by atoms with Gasteiger partial charge in [-0.3, -0.25) is 25.3 Å². The van der Waals surface area contributed by atoms with Crippen LogP contribution in [0.3, 0.4) is 0 Å². The third kappa shape index (κ3) is 4.49. The maximum absolute atomic E-state index is 12.3. The molecule has 132 valence electrons. The molecule has 0 saturated carbocycles. The molecule has 0 unspecified atom stereocenters. The first-order chi connectivity index (χ1) is 12.0. The molecular formula is C18H21BrN4O2. The zero-order valence-corrected chi connectivity index (χ0v) is 15.7. The summed E-state index contributed by atoms with van der Waals surface area (Å²) >= 11 is 3.32. The molecule has 3 rings (SSSR count). The highest BCUT2D eigenvalue weighted by molar-refractivity contribution is 9.10. The van der Waals surface area contributed by atoms with E-state index in [0.717, 1.165) is 29.7 Å². The lowest BCUT2D eigenvalue weighted by atomic mass is 10.1. The van der Waals surface area contributed by atoms with E-state index >= 15 is 0 Å².